The maximum Gasteiger partial charge on any atom is 0.0347 e. The lowest BCUT2D eigenvalue weighted by atomic mass is 10.0. The van der Waals surface area contributed by atoms with Gasteiger partial charge in [-0.05, 0) is 32.1 Å². The maximum absolute atomic E-state index is 3.58. The van der Waals surface area contributed by atoms with Gasteiger partial charge >= 0.3 is 0 Å². The van der Waals surface area contributed by atoms with Crippen LogP contribution in [0.3, 0.4) is 0 Å². The number of piperazine rings is 1. The summed E-state index contributed by atoms with van der Waals surface area (Å²) >= 11 is 0. The van der Waals surface area contributed by atoms with Crippen LogP contribution in [0.25, 0.3) is 0 Å². The molecule has 0 saturated carbocycles. The third-order valence-corrected chi connectivity index (χ3v) is 3.35. The SMILES string of the molecule is CNC(CC1CN(C)CCN1)c1cc[nH]c1. The Hall–Kier alpha value is -0.840. The Morgan fingerprint density at radius 2 is 2.50 bits per heavy atom. The highest BCUT2D eigenvalue weighted by atomic mass is 15.2. The minimum atomic E-state index is 0.440. The van der Waals surface area contributed by atoms with Crippen LogP contribution in [-0.4, -0.2) is 49.7 Å². The molecule has 0 radical (unpaired) electrons. The molecule has 3 N–H and O–H groups in total. The number of aromatic nitrogens is 1. The molecule has 0 spiro atoms. The van der Waals surface area contributed by atoms with E-state index in [1.165, 1.54) is 5.56 Å². The molecule has 1 aliphatic heterocycles. The van der Waals surface area contributed by atoms with Gasteiger partial charge < -0.3 is 20.5 Å². The van der Waals surface area contributed by atoms with Crippen LogP contribution in [0.1, 0.15) is 18.0 Å². The van der Waals surface area contributed by atoms with Crippen molar-refractivity contribution in [1.29, 1.82) is 0 Å². The molecule has 0 bridgehead atoms. The summed E-state index contributed by atoms with van der Waals surface area (Å²) in [4.78, 5) is 5.51. The van der Waals surface area contributed by atoms with Crippen molar-refractivity contribution >= 4 is 0 Å². The van der Waals surface area contributed by atoms with E-state index in [0.29, 0.717) is 12.1 Å². The van der Waals surface area contributed by atoms with E-state index in [0.717, 1.165) is 26.1 Å². The molecular formula is C12H22N4. The molecule has 90 valence electrons. The molecular weight excluding hydrogens is 200 g/mol. The Morgan fingerprint density at radius 3 is 3.12 bits per heavy atom. The van der Waals surface area contributed by atoms with E-state index in [4.69, 9.17) is 0 Å². The predicted octanol–water partition coefficient (Wildman–Crippen LogP) is 0.569. The number of hydrogen-bond acceptors (Lipinski definition) is 3. The highest BCUT2D eigenvalue weighted by Crippen LogP contribution is 2.18. The summed E-state index contributed by atoms with van der Waals surface area (Å²) < 4.78 is 0. The van der Waals surface area contributed by atoms with Gasteiger partial charge in [0.05, 0.1) is 0 Å². The zero-order chi connectivity index (χ0) is 11.4. The summed E-state index contributed by atoms with van der Waals surface area (Å²) in [5.74, 6) is 0. The topological polar surface area (TPSA) is 43.1 Å². The lowest BCUT2D eigenvalue weighted by Crippen LogP contribution is -2.50. The van der Waals surface area contributed by atoms with E-state index in [1.54, 1.807) is 0 Å². The average molecular weight is 222 g/mol. The van der Waals surface area contributed by atoms with Gasteiger partial charge in [-0.25, -0.2) is 0 Å². The van der Waals surface area contributed by atoms with Gasteiger partial charge in [-0.3, -0.25) is 0 Å². The molecule has 1 aromatic rings. The monoisotopic (exact) mass is 222 g/mol. The number of hydrogen-bond donors (Lipinski definition) is 3. The zero-order valence-electron chi connectivity index (χ0n) is 10.2. The number of H-pyrrole nitrogens is 1. The number of nitrogens with one attached hydrogen (secondary N) is 3. The molecule has 0 aromatic carbocycles. The van der Waals surface area contributed by atoms with Crippen molar-refractivity contribution in [3.8, 4) is 0 Å². The van der Waals surface area contributed by atoms with E-state index >= 15 is 0 Å². The molecule has 0 aliphatic carbocycles. The predicted molar refractivity (Wildman–Crippen MR) is 66.5 cm³/mol. The fourth-order valence-corrected chi connectivity index (χ4v) is 2.41. The molecule has 2 atom stereocenters. The van der Waals surface area contributed by atoms with Crippen molar-refractivity contribution in [1.82, 2.24) is 20.5 Å². The van der Waals surface area contributed by atoms with Crippen LogP contribution in [0.5, 0.6) is 0 Å². The molecule has 4 heteroatoms. The molecule has 1 aromatic heterocycles. The number of aromatic amines is 1. The van der Waals surface area contributed by atoms with E-state index in [1.807, 2.05) is 13.2 Å². The van der Waals surface area contributed by atoms with Crippen LogP contribution in [0.2, 0.25) is 0 Å². The lowest BCUT2D eigenvalue weighted by Gasteiger charge is -2.33. The Bertz CT molecular complexity index is 296. The molecule has 2 rings (SSSR count). The molecule has 1 saturated heterocycles. The van der Waals surface area contributed by atoms with Gasteiger partial charge in [0.2, 0.25) is 0 Å². The van der Waals surface area contributed by atoms with Crippen molar-refractivity contribution in [3.63, 3.8) is 0 Å². The Morgan fingerprint density at radius 1 is 1.62 bits per heavy atom. The van der Waals surface area contributed by atoms with Crippen molar-refractivity contribution in [3.05, 3.63) is 24.0 Å². The van der Waals surface area contributed by atoms with E-state index in [9.17, 15) is 0 Å². The van der Waals surface area contributed by atoms with Gasteiger partial charge in [-0.1, -0.05) is 0 Å². The van der Waals surface area contributed by atoms with Crippen LogP contribution in [0.15, 0.2) is 18.5 Å². The van der Waals surface area contributed by atoms with E-state index in [-0.39, 0.29) is 0 Å². The molecule has 4 nitrogen and oxygen atoms in total. The van der Waals surface area contributed by atoms with Crippen LogP contribution >= 0.6 is 0 Å². The second-order valence-corrected chi connectivity index (χ2v) is 4.63. The quantitative estimate of drug-likeness (QED) is 0.698. The highest BCUT2D eigenvalue weighted by molar-refractivity contribution is 5.14. The first-order valence-electron chi connectivity index (χ1n) is 6.01. The van der Waals surface area contributed by atoms with Gasteiger partial charge in [0.1, 0.15) is 0 Å². The third-order valence-electron chi connectivity index (χ3n) is 3.35. The zero-order valence-corrected chi connectivity index (χ0v) is 10.2. The minimum Gasteiger partial charge on any atom is -0.367 e. The van der Waals surface area contributed by atoms with Crippen LogP contribution in [0.4, 0.5) is 0 Å². The first-order valence-corrected chi connectivity index (χ1v) is 6.01. The van der Waals surface area contributed by atoms with Gasteiger partial charge in [0.25, 0.3) is 0 Å². The van der Waals surface area contributed by atoms with Gasteiger partial charge in [0, 0.05) is 44.1 Å². The van der Waals surface area contributed by atoms with Gasteiger partial charge in [-0.15, -0.1) is 0 Å². The standard InChI is InChI=1S/C12H22N4/c1-13-12(10-3-4-14-8-10)7-11-9-16(2)6-5-15-11/h3-4,8,11-15H,5-7,9H2,1-2H3. The minimum absolute atomic E-state index is 0.440. The normalized spacial score (nSPS) is 24.5. The van der Waals surface area contributed by atoms with Crippen LogP contribution < -0.4 is 10.6 Å². The molecule has 1 aliphatic rings. The Balaban J connectivity index is 1.91. The summed E-state index contributed by atoms with van der Waals surface area (Å²) in [5, 5.41) is 6.97. The molecule has 1 fully saturated rings. The first-order chi connectivity index (χ1) is 7.79. The molecule has 2 heterocycles. The largest absolute Gasteiger partial charge is 0.367 e. The second kappa shape index (κ2) is 5.48. The summed E-state index contributed by atoms with van der Waals surface area (Å²) in [6, 6.07) is 3.18. The van der Waals surface area contributed by atoms with Gasteiger partial charge in [-0.2, -0.15) is 0 Å². The molecule has 0 amide bonds. The van der Waals surface area contributed by atoms with Gasteiger partial charge in [0.15, 0.2) is 0 Å². The van der Waals surface area contributed by atoms with Crippen molar-refractivity contribution in [2.45, 2.75) is 18.5 Å². The second-order valence-electron chi connectivity index (χ2n) is 4.63. The third kappa shape index (κ3) is 2.84. The van der Waals surface area contributed by atoms with Crippen molar-refractivity contribution in [2.75, 3.05) is 33.7 Å². The summed E-state index contributed by atoms with van der Waals surface area (Å²) in [6.07, 6.45) is 5.20. The Labute approximate surface area is 97.4 Å². The fourth-order valence-electron chi connectivity index (χ4n) is 2.41. The van der Waals surface area contributed by atoms with Crippen LogP contribution in [-0.2, 0) is 0 Å². The number of rotatable bonds is 4. The summed E-state index contributed by atoms with van der Waals surface area (Å²) in [5.41, 5.74) is 1.34. The fraction of sp³-hybridized carbons (Fsp3) is 0.667. The summed E-state index contributed by atoms with van der Waals surface area (Å²) in [7, 11) is 4.22. The molecule has 2 unspecified atom stereocenters. The summed E-state index contributed by atoms with van der Waals surface area (Å²) in [6.45, 7) is 3.40. The van der Waals surface area contributed by atoms with Crippen molar-refractivity contribution in [2.24, 2.45) is 0 Å². The number of nitrogens with zero attached hydrogens (tertiary/aromatic N) is 1. The molecule has 16 heavy (non-hydrogen) atoms. The maximum atomic E-state index is 3.58. The average Bonchev–Trinajstić information content (AvgIpc) is 2.79. The van der Waals surface area contributed by atoms with E-state index in [2.05, 4.69) is 39.8 Å². The lowest BCUT2D eigenvalue weighted by molar-refractivity contribution is 0.222. The van der Waals surface area contributed by atoms with E-state index < -0.39 is 0 Å². The Kier molecular flexibility index (Phi) is 3.98. The smallest absolute Gasteiger partial charge is 0.0347 e. The number of likely N-dealkylation sites (N-methyl/N-ethyl adjacent to an activating group) is 1. The van der Waals surface area contributed by atoms with Crippen LogP contribution in [0, 0.1) is 0 Å². The first kappa shape index (κ1) is 11.6. The van der Waals surface area contributed by atoms with Crippen molar-refractivity contribution < 1.29 is 0 Å². The highest BCUT2D eigenvalue weighted by Gasteiger charge is 2.20.